The van der Waals surface area contributed by atoms with Gasteiger partial charge in [-0.2, -0.15) is 0 Å². The molecule has 5 nitrogen and oxygen atoms in total. The zero-order chi connectivity index (χ0) is 14.9. The fourth-order valence-electron chi connectivity index (χ4n) is 1.93. The van der Waals surface area contributed by atoms with Crippen molar-refractivity contribution in [3.63, 3.8) is 0 Å². The normalized spacial score (nSPS) is 10.6. The summed E-state index contributed by atoms with van der Waals surface area (Å²) < 4.78 is 3.04. The van der Waals surface area contributed by atoms with E-state index in [1.165, 1.54) is 24.9 Å². The molecule has 6 heteroatoms. The van der Waals surface area contributed by atoms with Crippen LogP contribution in [0.3, 0.4) is 0 Å². The second-order valence-electron chi connectivity index (χ2n) is 4.53. The third-order valence-electron chi connectivity index (χ3n) is 3.00. The van der Waals surface area contributed by atoms with Crippen LogP contribution in [0.15, 0.2) is 44.5 Å². The first-order chi connectivity index (χ1) is 9.40. The first-order valence-corrected chi connectivity index (χ1v) is 6.73. The van der Waals surface area contributed by atoms with Crippen LogP contribution in [0, 0.1) is 0 Å². The Bertz CT molecular complexity index is 790. The van der Waals surface area contributed by atoms with Gasteiger partial charge in [0.25, 0.3) is 5.56 Å². The van der Waals surface area contributed by atoms with Crippen LogP contribution in [0.25, 0.3) is 0 Å². The van der Waals surface area contributed by atoms with E-state index in [-0.39, 0.29) is 17.8 Å². The number of aryl methyl sites for hydroxylation is 1. The molecule has 0 bridgehead atoms. The molecule has 0 saturated heterocycles. The van der Waals surface area contributed by atoms with Crippen molar-refractivity contribution in [1.82, 2.24) is 9.13 Å². The number of hydrogen-bond acceptors (Lipinski definition) is 3. The van der Waals surface area contributed by atoms with Gasteiger partial charge >= 0.3 is 5.69 Å². The monoisotopic (exact) mass is 336 g/mol. The fraction of sp³-hybridized carbons (Fsp3) is 0.214. The second kappa shape index (κ2) is 5.58. The molecule has 1 aromatic heterocycles. The first-order valence-electron chi connectivity index (χ1n) is 5.94. The number of nitrogens with zero attached hydrogens (tertiary/aromatic N) is 2. The average Bonchev–Trinajstić information content (AvgIpc) is 2.40. The Kier molecular flexibility index (Phi) is 4.04. The van der Waals surface area contributed by atoms with Crippen LogP contribution < -0.4 is 11.2 Å². The number of hydrogen-bond donors (Lipinski definition) is 0. The molecule has 1 aromatic carbocycles. The standard InChI is InChI=1S/C14H13BrN2O3/c1-16-8-11(13(19)17(2)14(16)20)12(18)7-9-4-3-5-10(15)6-9/h3-6,8H,7H2,1-2H3. The first kappa shape index (κ1) is 14.5. The second-order valence-corrected chi connectivity index (χ2v) is 5.45. The zero-order valence-corrected chi connectivity index (χ0v) is 12.7. The van der Waals surface area contributed by atoms with E-state index in [1.807, 2.05) is 24.3 Å². The van der Waals surface area contributed by atoms with Crippen LogP contribution in [0.4, 0.5) is 0 Å². The summed E-state index contributed by atoms with van der Waals surface area (Å²) in [5.41, 5.74) is -0.183. The van der Waals surface area contributed by atoms with Crippen molar-refractivity contribution in [1.29, 1.82) is 0 Å². The molecule has 0 radical (unpaired) electrons. The number of aromatic nitrogens is 2. The number of benzene rings is 1. The lowest BCUT2D eigenvalue weighted by Gasteiger charge is -2.06. The minimum Gasteiger partial charge on any atom is -0.303 e. The van der Waals surface area contributed by atoms with Crippen molar-refractivity contribution in [2.45, 2.75) is 6.42 Å². The SMILES string of the molecule is Cn1cc(C(=O)Cc2cccc(Br)c2)c(=O)n(C)c1=O. The van der Waals surface area contributed by atoms with Crippen LogP contribution in [0.1, 0.15) is 15.9 Å². The molecule has 20 heavy (non-hydrogen) atoms. The van der Waals surface area contributed by atoms with Gasteiger partial charge in [-0.25, -0.2) is 4.79 Å². The van der Waals surface area contributed by atoms with E-state index in [9.17, 15) is 14.4 Å². The highest BCUT2D eigenvalue weighted by molar-refractivity contribution is 9.10. The highest BCUT2D eigenvalue weighted by Crippen LogP contribution is 2.13. The van der Waals surface area contributed by atoms with E-state index >= 15 is 0 Å². The molecular weight excluding hydrogens is 324 g/mol. The molecule has 0 fully saturated rings. The number of halogens is 1. The van der Waals surface area contributed by atoms with Crippen LogP contribution in [0.2, 0.25) is 0 Å². The Balaban J connectivity index is 2.40. The third kappa shape index (κ3) is 2.80. The van der Waals surface area contributed by atoms with Gasteiger partial charge in [-0.1, -0.05) is 28.1 Å². The van der Waals surface area contributed by atoms with E-state index in [0.29, 0.717) is 0 Å². The molecule has 0 aliphatic heterocycles. The molecule has 0 unspecified atom stereocenters. The smallest absolute Gasteiger partial charge is 0.303 e. The lowest BCUT2D eigenvalue weighted by molar-refractivity contribution is 0.0990. The van der Waals surface area contributed by atoms with Crippen molar-refractivity contribution in [2.24, 2.45) is 14.1 Å². The molecule has 0 amide bonds. The minimum absolute atomic E-state index is 0.0228. The Morgan fingerprint density at radius 3 is 2.60 bits per heavy atom. The van der Waals surface area contributed by atoms with Gasteiger partial charge in [0.1, 0.15) is 0 Å². The van der Waals surface area contributed by atoms with E-state index in [0.717, 1.165) is 14.6 Å². The van der Waals surface area contributed by atoms with Gasteiger partial charge in [0.2, 0.25) is 0 Å². The number of ketones is 1. The maximum Gasteiger partial charge on any atom is 0.330 e. The van der Waals surface area contributed by atoms with Gasteiger partial charge in [-0.05, 0) is 17.7 Å². The summed E-state index contributed by atoms with van der Waals surface area (Å²) in [7, 11) is 2.87. The third-order valence-corrected chi connectivity index (χ3v) is 3.49. The molecule has 2 rings (SSSR count). The van der Waals surface area contributed by atoms with Crippen molar-refractivity contribution < 1.29 is 4.79 Å². The molecule has 0 atom stereocenters. The Morgan fingerprint density at radius 2 is 1.95 bits per heavy atom. The van der Waals surface area contributed by atoms with E-state index in [1.54, 1.807) is 0 Å². The number of carbonyl (C=O) groups excluding carboxylic acids is 1. The number of rotatable bonds is 3. The van der Waals surface area contributed by atoms with E-state index < -0.39 is 11.2 Å². The summed E-state index contributed by atoms with van der Waals surface area (Å²) in [5, 5.41) is 0. The molecule has 0 aliphatic rings. The van der Waals surface area contributed by atoms with Gasteiger partial charge in [-0.15, -0.1) is 0 Å². The highest BCUT2D eigenvalue weighted by atomic mass is 79.9. The quantitative estimate of drug-likeness (QED) is 0.793. The highest BCUT2D eigenvalue weighted by Gasteiger charge is 2.15. The van der Waals surface area contributed by atoms with E-state index in [2.05, 4.69) is 15.9 Å². The summed E-state index contributed by atoms with van der Waals surface area (Å²) in [5.74, 6) is -0.306. The van der Waals surface area contributed by atoms with Crippen molar-refractivity contribution in [3.05, 3.63) is 66.9 Å². The molecule has 0 saturated carbocycles. The topological polar surface area (TPSA) is 61.1 Å². The van der Waals surface area contributed by atoms with Crippen LogP contribution >= 0.6 is 15.9 Å². The molecule has 2 aromatic rings. The van der Waals surface area contributed by atoms with Gasteiger partial charge < -0.3 is 4.57 Å². The summed E-state index contributed by atoms with van der Waals surface area (Å²) in [6, 6.07) is 7.32. The van der Waals surface area contributed by atoms with Crippen LogP contribution in [-0.2, 0) is 20.5 Å². The predicted octanol–water partition coefficient (Wildman–Crippen LogP) is 1.27. The predicted molar refractivity (Wildman–Crippen MR) is 79.1 cm³/mol. The van der Waals surface area contributed by atoms with Crippen molar-refractivity contribution in [2.75, 3.05) is 0 Å². The Labute approximate surface area is 123 Å². The maximum atomic E-state index is 12.2. The summed E-state index contributed by atoms with van der Waals surface area (Å²) in [6.45, 7) is 0. The molecule has 0 N–H and O–H groups in total. The summed E-state index contributed by atoms with van der Waals surface area (Å²) >= 11 is 3.33. The van der Waals surface area contributed by atoms with Gasteiger partial charge in [0.05, 0.1) is 5.56 Å². The van der Waals surface area contributed by atoms with E-state index in [4.69, 9.17) is 0 Å². The maximum absolute atomic E-state index is 12.2. The fourth-order valence-corrected chi connectivity index (χ4v) is 2.37. The summed E-state index contributed by atoms with van der Waals surface area (Å²) in [4.78, 5) is 35.8. The van der Waals surface area contributed by atoms with Gasteiger partial charge in [-0.3, -0.25) is 14.2 Å². The molecule has 104 valence electrons. The van der Waals surface area contributed by atoms with Gasteiger partial charge in [0, 0.05) is 31.2 Å². The largest absolute Gasteiger partial charge is 0.330 e. The number of Topliss-reactive ketones (excluding diaryl/α,β-unsaturated/α-hetero) is 1. The lowest BCUT2D eigenvalue weighted by atomic mass is 10.1. The average molecular weight is 337 g/mol. The summed E-state index contributed by atoms with van der Waals surface area (Å²) in [6.07, 6.45) is 1.41. The zero-order valence-electron chi connectivity index (χ0n) is 11.1. The minimum atomic E-state index is -0.562. The molecular formula is C14H13BrN2O3. The molecule has 0 spiro atoms. The van der Waals surface area contributed by atoms with Crippen molar-refractivity contribution >= 4 is 21.7 Å². The number of carbonyl (C=O) groups is 1. The lowest BCUT2D eigenvalue weighted by Crippen LogP contribution is -2.39. The molecule has 0 aliphatic carbocycles. The Hall–Kier alpha value is -1.95. The Morgan fingerprint density at radius 1 is 1.25 bits per heavy atom. The molecule has 1 heterocycles. The van der Waals surface area contributed by atoms with Crippen LogP contribution in [0.5, 0.6) is 0 Å². The van der Waals surface area contributed by atoms with Crippen molar-refractivity contribution in [3.8, 4) is 0 Å². The van der Waals surface area contributed by atoms with Crippen LogP contribution in [-0.4, -0.2) is 14.9 Å². The van der Waals surface area contributed by atoms with Gasteiger partial charge in [0.15, 0.2) is 5.78 Å².